The Bertz CT molecular complexity index is 1060. The molecule has 0 unspecified atom stereocenters. The molecular formula is C19H20N4O3S. The Morgan fingerprint density at radius 1 is 1.11 bits per heavy atom. The molecule has 4 rings (SSSR count). The van der Waals surface area contributed by atoms with Crippen molar-refractivity contribution in [3.05, 3.63) is 60.3 Å². The summed E-state index contributed by atoms with van der Waals surface area (Å²) in [6, 6.07) is 14.9. The van der Waals surface area contributed by atoms with Crippen molar-refractivity contribution in [2.45, 2.75) is 17.9 Å². The summed E-state index contributed by atoms with van der Waals surface area (Å²) in [5.41, 5.74) is 2.63. The molecule has 0 bridgehead atoms. The van der Waals surface area contributed by atoms with Crippen LogP contribution in [0.1, 0.15) is 11.6 Å². The SMILES string of the molecule is COc1ccc(C)cc1S(=O)(=O)N1CC(n2cc(-c3ccccc3)nn2)C1. The molecule has 0 atom stereocenters. The van der Waals surface area contributed by atoms with E-state index in [4.69, 9.17) is 4.74 Å². The average Bonchev–Trinajstić information content (AvgIpc) is 3.10. The molecule has 0 amide bonds. The number of rotatable bonds is 5. The van der Waals surface area contributed by atoms with E-state index in [9.17, 15) is 8.42 Å². The first-order valence-corrected chi connectivity index (χ1v) is 10.0. The standard InChI is InChI=1S/C19H20N4O3S/c1-14-8-9-18(26-2)19(10-14)27(24,25)22-11-16(12-22)23-13-17(20-21-23)15-6-4-3-5-7-15/h3-10,13,16H,11-12H2,1-2H3. The molecular weight excluding hydrogens is 364 g/mol. The average molecular weight is 384 g/mol. The number of sulfonamides is 1. The van der Waals surface area contributed by atoms with Gasteiger partial charge in [0.25, 0.3) is 0 Å². The number of methoxy groups -OCH3 is 1. The second-order valence-corrected chi connectivity index (χ2v) is 8.49. The number of benzene rings is 2. The summed E-state index contributed by atoms with van der Waals surface area (Å²) in [5, 5.41) is 8.37. The normalized spacial score (nSPS) is 15.5. The molecule has 140 valence electrons. The second-order valence-electron chi connectivity index (χ2n) is 6.58. The highest BCUT2D eigenvalue weighted by atomic mass is 32.2. The predicted molar refractivity (Wildman–Crippen MR) is 101 cm³/mol. The Morgan fingerprint density at radius 2 is 1.85 bits per heavy atom. The van der Waals surface area contributed by atoms with E-state index in [0.717, 1.165) is 16.8 Å². The van der Waals surface area contributed by atoms with Gasteiger partial charge in [-0.1, -0.05) is 41.6 Å². The van der Waals surface area contributed by atoms with Crippen molar-refractivity contribution < 1.29 is 13.2 Å². The summed E-state index contributed by atoms with van der Waals surface area (Å²) >= 11 is 0. The van der Waals surface area contributed by atoms with Crippen LogP contribution in [0.15, 0.2) is 59.6 Å². The maximum Gasteiger partial charge on any atom is 0.246 e. The first-order valence-electron chi connectivity index (χ1n) is 8.61. The molecule has 2 heterocycles. The molecule has 0 spiro atoms. The number of ether oxygens (including phenoxy) is 1. The molecule has 1 aliphatic rings. The summed E-state index contributed by atoms with van der Waals surface area (Å²) in [4.78, 5) is 0.201. The highest BCUT2D eigenvalue weighted by Crippen LogP contribution is 2.33. The second kappa shape index (κ2) is 6.79. The molecule has 0 aliphatic carbocycles. The van der Waals surface area contributed by atoms with Crippen molar-refractivity contribution in [3.8, 4) is 17.0 Å². The van der Waals surface area contributed by atoms with Gasteiger partial charge < -0.3 is 4.74 Å². The molecule has 1 fully saturated rings. The van der Waals surface area contributed by atoms with Crippen LogP contribution in [0.25, 0.3) is 11.3 Å². The van der Waals surface area contributed by atoms with E-state index in [-0.39, 0.29) is 10.9 Å². The van der Waals surface area contributed by atoms with Gasteiger partial charge in [-0.2, -0.15) is 4.31 Å². The molecule has 0 radical (unpaired) electrons. The van der Waals surface area contributed by atoms with Crippen LogP contribution in [-0.4, -0.2) is 47.9 Å². The van der Waals surface area contributed by atoms with Crippen LogP contribution in [0.4, 0.5) is 0 Å². The van der Waals surface area contributed by atoms with Crippen LogP contribution in [0.2, 0.25) is 0 Å². The number of hydrogen-bond donors (Lipinski definition) is 0. The first kappa shape index (κ1) is 17.7. The number of aromatic nitrogens is 3. The van der Waals surface area contributed by atoms with Crippen molar-refractivity contribution in [1.29, 1.82) is 0 Å². The minimum Gasteiger partial charge on any atom is -0.495 e. The summed E-state index contributed by atoms with van der Waals surface area (Å²) in [7, 11) is -2.13. The fraction of sp³-hybridized carbons (Fsp3) is 0.263. The van der Waals surface area contributed by atoms with Gasteiger partial charge in [0.15, 0.2) is 0 Å². The Kier molecular flexibility index (Phi) is 4.45. The minimum atomic E-state index is -3.61. The zero-order valence-corrected chi connectivity index (χ0v) is 15.9. The first-order chi connectivity index (χ1) is 13.0. The Morgan fingerprint density at radius 3 is 2.56 bits per heavy atom. The molecule has 1 aliphatic heterocycles. The van der Waals surface area contributed by atoms with Crippen LogP contribution in [0.5, 0.6) is 5.75 Å². The molecule has 7 nitrogen and oxygen atoms in total. The number of nitrogens with zero attached hydrogens (tertiary/aromatic N) is 4. The van der Waals surface area contributed by atoms with Gasteiger partial charge in [0, 0.05) is 18.7 Å². The summed E-state index contributed by atoms with van der Waals surface area (Å²) in [6.45, 7) is 2.58. The Balaban J connectivity index is 1.51. The molecule has 8 heteroatoms. The fourth-order valence-electron chi connectivity index (χ4n) is 3.10. The van der Waals surface area contributed by atoms with Gasteiger partial charge in [0.2, 0.25) is 10.0 Å². The Hall–Kier alpha value is -2.71. The van der Waals surface area contributed by atoms with Crippen molar-refractivity contribution in [3.63, 3.8) is 0 Å². The quantitative estimate of drug-likeness (QED) is 0.675. The zero-order chi connectivity index (χ0) is 19.0. The predicted octanol–water partition coefficient (Wildman–Crippen LogP) is 2.51. The Labute approximate surface area is 158 Å². The van der Waals surface area contributed by atoms with E-state index in [1.807, 2.05) is 49.5 Å². The fourth-order valence-corrected chi connectivity index (χ4v) is 4.86. The van der Waals surface area contributed by atoms with E-state index in [1.165, 1.54) is 11.4 Å². The van der Waals surface area contributed by atoms with Crippen molar-refractivity contribution >= 4 is 10.0 Å². The molecule has 0 saturated carbocycles. The molecule has 3 aromatic rings. The molecule has 1 saturated heterocycles. The van der Waals surface area contributed by atoms with Crippen LogP contribution >= 0.6 is 0 Å². The van der Waals surface area contributed by atoms with Gasteiger partial charge in [-0.15, -0.1) is 5.10 Å². The van der Waals surface area contributed by atoms with Crippen LogP contribution in [0.3, 0.4) is 0 Å². The molecule has 2 aromatic carbocycles. The van der Waals surface area contributed by atoms with Gasteiger partial charge in [-0.05, 0) is 24.6 Å². The van der Waals surface area contributed by atoms with Gasteiger partial charge in [-0.25, -0.2) is 13.1 Å². The maximum absolute atomic E-state index is 13.0. The van der Waals surface area contributed by atoms with E-state index in [1.54, 1.807) is 16.8 Å². The van der Waals surface area contributed by atoms with Gasteiger partial charge >= 0.3 is 0 Å². The van der Waals surface area contributed by atoms with Crippen molar-refractivity contribution in [2.75, 3.05) is 20.2 Å². The van der Waals surface area contributed by atoms with Crippen molar-refractivity contribution in [2.24, 2.45) is 0 Å². The maximum atomic E-state index is 13.0. The van der Waals surface area contributed by atoms with Gasteiger partial charge in [-0.3, -0.25) is 0 Å². The lowest BCUT2D eigenvalue weighted by Gasteiger charge is -2.37. The third-order valence-corrected chi connectivity index (χ3v) is 6.57. The molecule has 0 N–H and O–H groups in total. The lowest BCUT2D eigenvalue weighted by atomic mass is 10.1. The highest BCUT2D eigenvalue weighted by Gasteiger charge is 2.39. The van der Waals surface area contributed by atoms with Crippen molar-refractivity contribution in [1.82, 2.24) is 19.3 Å². The lowest BCUT2D eigenvalue weighted by molar-refractivity contribution is 0.188. The van der Waals surface area contributed by atoms with Crippen LogP contribution in [-0.2, 0) is 10.0 Å². The van der Waals surface area contributed by atoms with E-state index < -0.39 is 10.0 Å². The number of aryl methyl sites for hydroxylation is 1. The largest absolute Gasteiger partial charge is 0.495 e. The van der Waals surface area contributed by atoms with E-state index in [2.05, 4.69) is 10.3 Å². The van der Waals surface area contributed by atoms with E-state index >= 15 is 0 Å². The summed E-state index contributed by atoms with van der Waals surface area (Å²) in [6.07, 6.45) is 1.86. The monoisotopic (exact) mass is 384 g/mol. The van der Waals surface area contributed by atoms with Gasteiger partial charge in [0.05, 0.1) is 19.3 Å². The highest BCUT2D eigenvalue weighted by molar-refractivity contribution is 7.89. The van der Waals surface area contributed by atoms with Gasteiger partial charge in [0.1, 0.15) is 16.3 Å². The lowest BCUT2D eigenvalue weighted by Crippen LogP contribution is -2.50. The topological polar surface area (TPSA) is 77.3 Å². The summed E-state index contributed by atoms with van der Waals surface area (Å²) < 4.78 is 34.3. The third kappa shape index (κ3) is 3.22. The zero-order valence-electron chi connectivity index (χ0n) is 15.1. The van der Waals surface area contributed by atoms with E-state index in [0.29, 0.717) is 18.8 Å². The minimum absolute atomic E-state index is 0.0273. The van der Waals surface area contributed by atoms with Crippen LogP contribution < -0.4 is 4.74 Å². The smallest absolute Gasteiger partial charge is 0.246 e. The molecule has 1 aromatic heterocycles. The molecule has 27 heavy (non-hydrogen) atoms. The van der Waals surface area contributed by atoms with Crippen LogP contribution in [0, 0.1) is 6.92 Å². The number of hydrogen-bond acceptors (Lipinski definition) is 5. The summed E-state index contributed by atoms with van der Waals surface area (Å²) in [5.74, 6) is 0.358. The third-order valence-electron chi connectivity index (χ3n) is 4.72.